The van der Waals surface area contributed by atoms with Gasteiger partial charge in [0.1, 0.15) is 5.82 Å². The van der Waals surface area contributed by atoms with E-state index >= 15 is 0 Å². The minimum Gasteiger partial charge on any atom is -0.378 e. The number of carbonyl (C=O) groups excluding carboxylic acids is 1. The third-order valence-electron chi connectivity index (χ3n) is 5.41. The number of carbonyl (C=O) groups is 1. The van der Waals surface area contributed by atoms with E-state index in [2.05, 4.69) is 60.0 Å². The maximum Gasteiger partial charge on any atom is 0.220 e. The number of imidazole rings is 1. The van der Waals surface area contributed by atoms with Gasteiger partial charge in [-0.3, -0.25) is 9.69 Å². The number of benzene rings is 1. The van der Waals surface area contributed by atoms with Gasteiger partial charge in [0.05, 0.1) is 23.2 Å². The highest BCUT2D eigenvalue weighted by atomic mass is 16.5. The number of rotatable bonds is 6. The van der Waals surface area contributed by atoms with Crippen LogP contribution >= 0.6 is 0 Å². The maximum absolute atomic E-state index is 12.4. The summed E-state index contributed by atoms with van der Waals surface area (Å²) in [6.45, 7) is 10.2. The monoisotopic (exact) mass is 358 g/mol. The lowest BCUT2D eigenvalue weighted by Gasteiger charge is -2.20. The van der Waals surface area contributed by atoms with Crippen LogP contribution in [0.25, 0.3) is 11.0 Å². The Balaban J connectivity index is 1.57. The molecule has 6 heteroatoms. The highest BCUT2D eigenvalue weighted by Crippen LogP contribution is 2.18. The normalized spacial score (nSPS) is 21.0. The molecule has 0 radical (unpaired) electrons. The fourth-order valence-corrected chi connectivity index (χ4v) is 3.55. The third-order valence-corrected chi connectivity index (χ3v) is 5.41. The average molecular weight is 358 g/mol. The van der Waals surface area contributed by atoms with E-state index in [0.717, 1.165) is 29.9 Å². The number of methoxy groups -OCH3 is 1. The molecule has 0 unspecified atom stereocenters. The Kier molecular flexibility index (Phi) is 5.63. The van der Waals surface area contributed by atoms with Crippen LogP contribution in [0.3, 0.4) is 0 Å². The van der Waals surface area contributed by atoms with E-state index in [1.807, 2.05) is 0 Å². The van der Waals surface area contributed by atoms with E-state index in [-0.39, 0.29) is 18.1 Å². The second-order valence-electron chi connectivity index (χ2n) is 7.63. The zero-order valence-corrected chi connectivity index (χ0v) is 16.4. The summed E-state index contributed by atoms with van der Waals surface area (Å²) < 4.78 is 5.56. The predicted molar refractivity (Wildman–Crippen MR) is 103 cm³/mol. The molecule has 1 aliphatic rings. The number of aromatic nitrogens is 2. The van der Waals surface area contributed by atoms with Crippen LogP contribution in [-0.2, 0) is 16.0 Å². The number of fused-ring (bicyclic) bond motifs is 1. The van der Waals surface area contributed by atoms with Crippen molar-refractivity contribution in [2.45, 2.75) is 58.7 Å². The highest BCUT2D eigenvalue weighted by molar-refractivity contribution is 5.78. The van der Waals surface area contributed by atoms with Gasteiger partial charge >= 0.3 is 0 Å². The number of nitrogens with zero attached hydrogens (tertiary/aromatic N) is 2. The SMILES string of the molecule is CO[C@@H]1CN(C(C)C)C[C@H]1NC(=O)CCc1nc2cc(C)c(C)cc2[nH]1. The number of hydrogen-bond acceptors (Lipinski definition) is 4. The van der Waals surface area contributed by atoms with Crippen molar-refractivity contribution in [1.29, 1.82) is 0 Å². The lowest BCUT2D eigenvalue weighted by molar-refractivity contribution is -0.122. The smallest absolute Gasteiger partial charge is 0.220 e. The molecule has 142 valence electrons. The summed E-state index contributed by atoms with van der Waals surface area (Å²) in [6.07, 6.45) is 1.09. The molecule has 2 N–H and O–H groups in total. The van der Waals surface area contributed by atoms with E-state index in [0.29, 0.717) is 18.9 Å². The van der Waals surface area contributed by atoms with Crippen molar-refractivity contribution < 1.29 is 9.53 Å². The number of hydrogen-bond donors (Lipinski definition) is 2. The first-order valence-corrected chi connectivity index (χ1v) is 9.39. The number of aromatic amines is 1. The molecular formula is C20H30N4O2. The van der Waals surface area contributed by atoms with Crippen LogP contribution in [0.15, 0.2) is 12.1 Å². The van der Waals surface area contributed by atoms with E-state index in [1.165, 1.54) is 11.1 Å². The Morgan fingerprint density at radius 2 is 2.08 bits per heavy atom. The van der Waals surface area contributed by atoms with Crippen LogP contribution in [-0.4, -0.2) is 59.2 Å². The first-order valence-electron chi connectivity index (χ1n) is 9.39. The molecule has 1 amide bonds. The van der Waals surface area contributed by atoms with Crippen molar-refractivity contribution in [3.63, 3.8) is 0 Å². The molecule has 1 aromatic heterocycles. The molecule has 0 spiro atoms. The van der Waals surface area contributed by atoms with Gasteiger partial charge in [0, 0.05) is 39.1 Å². The van der Waals surface area contributed by atoms with Crippen molar-refractivity contribution in [2.24, 2.45) is 0 Å². The molecule has 0 saturated carbocycles. The number of aryl methyl sites for hydroxylation is 3. The zero-order valence-electron chi connectivity index (χ0n) is 16.4. The third kappa shape index (κ3) is 4.07. The lowest BCUT2D eigenvalue weighted by atomic mass is 10.1. The molecule has 1 saturated heterocycles. The summed E-state index contributed by atoms with van der Waals surface area (Å²) in [7, 11) is 1.71. The molecule has 6 nitrogen and oxygen atoms in total. The minimum atomic E-state index is 0.0514. The first-order chi connectivity index (χ1) is 12.4. The second-order valence-corrected chi connectivity index (χ2v) is 7.63. The number of H-pyrrole nitrogens is 1. The Labute approximate surface area is 155 Å². The molecular weight excluding hydrogens is 328 g/mol. The molecule has 0 bridgehead atoms. The van der Waals surface area contributed by atoms with E-state index in [4.69, 9.17) is 4.74 Å². The summed E-state index contributed by atoms with van der Waals surface area (Å²) in [5.74, 6) is 0.911. The molecule has 1 aliphatic heterocycles. The van der Waals surface area contributed by atoms with Gasteiger partial charge in [-0.05, 0) is 51.0 Å². The van der Waals surface area contributed by atoms with Gasteiger partial charge in [0.25, 0.3) is 0 Å². The van der Waals surface area contributed by atoms with Gasteiger partial charge in [-0.15, -0.1) is 0 Å². The molecule has 2 heterocycles. The molecule has 26 heavy (non-hydrogen) atoms. The van der Waals surface area contributed by atoms with Gasteiger partial charge in [-0.25, -0.2) is 4.98 Å². The van der Waals surface area contributed by atoms with Crippen LogP contribution < -0.4 is 5.32 Å². The fraction of sp³-hybridized carbons (Fsp3) is 0.600. The summed E-state index contributed by atoms with van der Waals surface area (Å²) in [6, 6.07) is 4.71. The molecule has 3 rings (SSSR count). The van der Waals surface area contributed by atoms with Crippen LogP contribution in [0.4, 0.5) is 0 Å². The highest BCUT2D eigenvalue weighted by Gasteiger charge is 2.34. The summed E-state index contributed by atoms with van der Waals surface area (Å²) >= 11 is 0. The van der Waals surface area contributed by atoms with Gasteiger partial charge in [-0.2, -0.15) is 0 Å². The summed E-state index contributed by atoms with van der Waals surface area (Å²) in [4.78, 5) is 22.7. The van der Waals surface area contributed by atoms with Crippen molar-refractivity contribution in [3.8, 4) is 0 Å². The first kappa shape index (κ1) is 18.9. The van der Waals surface area contributed by atoms with Crippen LogP contribution in [0.2, 0.25) is 0 Å². The number of ether oxygens (including phenoxy) is 1. The predicted octanol–water partition coefficient (Wildman–Crippen LogP) is 2.34. The summed E-state index contributed by atoms with van der Waals surface area (Å²) in [5.41, 5.74) is 4.47. The van der Waals surface area contributed by atoms with Crippen molar-refractivity contribution in [3.05, 3.63) is 29.1 Å². The number of amides is 1. The van der Waals surface area contributed by atoms with E-state index in [1.54, 1.807) is 7.11 Å². The largest absolute Gasteiger partial charge is 0.378 e. The molecule has 2 atom stereocenters. The second kappa shape index (κ2) is 7.76. The topological polar surface area (TPSA) is 70.2 Å². The molecule has 2 aromatic rings. The van der Waals surface area contributed by atoms with E-state index < -0.39 is 0 Å². The number of likely N-dealkylation sites (tertiary alicyclic amines) is 1. The average Bonchev–Trinajstić information content (AvgIpc) is 3.17. The van der Waals surface area contributed by atoms with Crippen molar-refractivity contribution in [2.75, 3.05) is 20.2 Å². The molecule has 1 fully saturated rings. The molecule has 0 aliphatic carbocycles. The molecule has 1 aromatic carbocycles. The van der Waals surface area contributed by atoms with Crippen LogP contribution in [0.1, 0.15) is 37.2 Å². The van der Waals surface area contributed by atoms with Crippen LogP contribution in [0.5, 0.6) is 0 Å². The van der Waals surface area contributed by atoms with E-state index in [9.17, 15) is 4.79 Å². The fourth-order valence-electron chi connectivity index (χ4n) is 3.55. The Morgan fingerprint density at radius 3 is 2.77 bits per heavy atom. The van der Waals surface area contributed by atoms with Crippen molar-refractivity contribution in [1.82, 2.24) is 20.2 Å². The Bertz CT molecular complexity index is 744. The number of nitrogens with one attached hydrogen (secondary N) is 2. The Hall–Kier alpha value is -1.92. The Morgan fingerprint density at radius 1 is 1.35 bits per heavy atom. The minimum absolute atomic E-state index is 0.0514. The van der Waals surface area contributed by atoms with Crippen molar-refractivity contribution >= 4 is 16.9 Å². The van der Waals surface area contributed by atoms with Gasteiger partial charge in [0.2, 0.25) is 5.91 Å². The zero-order chi connectivity index (χ0) is 18.8. The summed E-state index contributed by atoms with van der Waals surface area (Å²) in [5, 5.41) is 3.14. The lowest BCUT2D eigenvalue weighted by Crippen LogP contribution is -2.43. The van der Waals surface area contributed by atoms with Gasteiger partial charge in [-0.1, -0.05) is 0 Å². The van der Waals surface area contributed by atoms with Gasteiger partial charge < -0.3 is 15.0 Å². The van der Waals surface area contributed by atoms with Gasteiger partial charge in [0.15, 0.2) is 0 Å². The van der Waals surface area contributed by atoms with Crippen LogP contribution in [0, 0.1) is 13.8 Å². The quantitative estimate of drug-likeness (QED) is 0.831. The maximum atomic E-state index is 12.4. The standard InChI is InChI=1S/C20H30N4O2/c1-12(2)24-10-17(18(11-24)26-5)23-20(25)7-6-19-21-15-8-13(3)14(4)9-16(15)22-19/h8-9,12,17-18H,6-7,10-11H2,1-5H3,(H,21,22)(H,23,25)/t17-,18-/m1/s1.